The molecule has 0 amide bonds. The van der Waals surface area contributed by atoms with Gasteiger partial charge < -0.3 is 0 Å². The van der Waals surface area contributed by atoms with Gasteiger partial charge in [0.2, 0.25) is 0 Å². The van der Waals surface area contributed by atoms with Crippen molar-refractivity contribution >= 4 is 64.4 Å². The van der Waals surface area contributed by atoms with Gasteiger partial charge in [0, 0.05) is 0 Å². The second-order valence-corrected chi connectivity index (χ2v) is 27.4. The van der Waals surface area contributed by atoms with Crippen LogP contribution in [0.5, 0.6) is 17.2 Å². The molecule has 0 radical (unpaired) electrons. The van der Waals surface area contributed by atoms with Crippen LogP contribution >= 0.6 is 13.7 Å². The molecule has 0 heterocycles. The molecule has 0 spiro atoms. The summed E-state index contributed by atoms with van der Waals surface area (Å²) in [6.07, 6.45) is -11.6. The number of ether oxygens (including phenoxy) is 2. The zero-order valence-corrected chi connectivity index (χ0v) is 44.0. The summed E-state index contributed by atoms with van der Waals surface area (Å²) < 4.78 is 124. The molecule has 0 saturated carbocycles. The number of hydrogen-bond donors (Lipinski definition) is 0. The van der Waals surface area contributed by atoms with Crippen LogP contribution in [0.3, 0.4) is 0 Å². The van der Waals surface area contributed by atoms with Crippen molar-refractivity contribution in [3.05, 3.63) is 271 Å². The van der Waals surface area contributed by atoms with Crippen molar-refractivity contribution in [3.8, 4) is 17.2 Å². The van der Waals surface area contributed by atoms with Crippen LogP contribution in [0.25, 0.3) is 0 Å². The van der Waals surface area contributed by atoms with Gasteiger partial charge in [0.25, 0.3) is 0 Å². The van der Waals surface area contributed by atoms with Crippen LogP contribution in [0.15, 0.2) is 249 Å². The Bertz CT molecular complexity index is 3060. The van der Waals surface area contributed by atoms with Gasteiger partial charge in [-0.05, 0) is 0 Å². The number of carbonyl (C=O) groups is 2. The van der Waals surface area contributed by atoms with E-state index < -0.39 is 74.1 Å². The Morgan fingerprint density at radius 2 is 0.628 bits per heavy atom. The van der Waals surface area contributed by atoms with E-state index in [1.165, 1.54) is 14.2 Å². The average molecular weight is 1090 g/mol. The number of halogens is 6. The van der Waals surface area contributed by atoms with Gasteiger partial charge in [0.05, 0.1) is 0 Å². The van der Waals surface area contributed by atoms with Crippen LogP contribution in [-0.2, 0) is 21.2 Å². The Kier molecular flexibility index (Phi) is 15.7. The summed E-state index contributed by atoms with van der Waals surface area (Å²) >= 11 is 0. The van der Waals surface area contributed by atoms with E-state index in [1.54, 1.807) is 231 Å². The molecule has 396 valence electrons. The number of benzene rings is 9. The first-order valence-corrected chi connectivity index (χ1v) is 29.2. The topological polar surface area (TPSA) is 80.3 Å². The first kappa shape index (κ1) is 54.9. The molecule has 7 nitrogen and oxygen atoms in total. The second-order valence-electron chi connectivity index (χ2n) is 18.4. The van der Waals surface area contributed by atoms with Gasteiger partial charge in [-0.2, -0.15) is 0 Å². The third kappa shape index (κ3) is 10.4. The zero-order valence-electron chi connectivity index (χ0n) is 42.2. The number of carbonyl (C=O) groups excluding carboxylic acids is 2. The molecule has 9 aromatic rings. The van der Waals surface area contributed by atoms with E-state index in [2.05, 4.69) is 0 Å². The SMILES string of the molecule is COc1ccc(C(=O)CP(OB(Oc2cc(C(F)(F)F)cc(C(F)(F)F)c2)OP(CC(=O)c2ccc(OC)cc2)(c2ccccc2)(c2ccccc2)c2ccccc2)(c2ccccc2)(c2ccccc2)c2ccccc2)cc1. The number of rotatable bonds is 20. The normalized spacial score (nSPS) is 13.0. The maximum atomic E-state index is 15.7. The van der Waals surface area contributed by atoms with E-state index in [0.717, 1.165) is 0 Å². The van der Waals surface area contributed by atoms with Crippen molar-refractivity contribution in [1.29, 1.82) is 0 Å². The Morgan fingerprint density at radius 3 is 0.859 bits per heavy atom. The maximum absolute atomic E-state index is 15.7. The van der Waals surface area contributed by atoms with Gasteiger partial charge in [0.15, 0.2) is 0 Å². The van der Waals surface area contributed by atoms with Crippen LogP contribution in [0, 0.1) is 0 Å². The zero-order chi connectivity index (χ0) is 55.1. The summed E-state index contributed by atoms with van der Waals surface area (Å²) in [5.41, 5.74) is -2.89. The molecule has 0 bridgehead atoms. The number of ketones is 2. The first-order chi connectivity index (χ1) is 37.5. The molecule has 0 aliphatic heterocycles. The predicted octanol–water partition coefficient (Wildman–Crippen LogP) is 12.8. The van der Waals surface area contributed by atoms with E-state index in [1.807, 2.05) is 0 Å². The molecule has 0 aromatic heterocycles. The number of Topliss-reactive ketones (excluding diaryl/α,β-unsaturated/α-hetero) is 2. The van der Waals surface area contributed by atoms with Crippen LogP contribution in [0.1, 0.15) is 31.8 Å². The van der Waals surface area contributed by atoms with Gasteiger partial charge in [-0.15, -0.1) is 0 Å². The van der Waals surface area contributed by atoms with Crippen molar-refractivity contribution < 1.29 is 58.9 Å². The van der Waals surface area contributed by atoms with Gasteiger partial charge in [0.1, 0.15) is 0 Å². The van der Waals surface area contributed by atoms with E-state index in [0.29, 0.717) is 55.5 Å². The number of alkyl halides is 6. The molecule has 0 saturated heterocycles. The van der Waals surface area contributed by atoms with E-state index >= 15 is 35.9 Å². The summed E-state index contributed by atoms with van der Waals surface area (Å²) in [7, 11) is 0.569. The fourth-order valence-corrected chi connectivity index (χ4v) is 21.2. The molecule has 0 fully saturated rings. The molecule has 9 rings (SSSR count). The third-order valence-electron chi connectivity index (χ3n) is 14.0. The molecular formula is C62H51BF6O7P2. The summed E-state index contributed by atoms with van der Waals surface area (Å²) in [6.45, 7) is -10.7. The summed E-state index contributed by atoms with van der Waals surface area (Å²) in [5.74, 6) is -0.944. The van der Waals surface area contributed by atoms with E-state index in [-0.39, 0.29) is 17.2 Å². The van der Waals surface area contributed by atoms with Crippen molar-refractivity contribution in [2.75, 3.05) is 26.5 Å². The average Bonchev–Trinajstić information content (AvgIpc) is 2.67. The monoisotopic (exact) mass is 1090 g/mol. The molecule has 0 atom stereocenters. The van der Waals surface area contributed by atoms with Crippen LogP contribution < -0.4 is 46.0 Å². The van der Waals surface area contributed by atoms with Crippen molar-refractivity contribution in [2.45, 2.75) is 12.4 Å². The summed E-state index contributed by atoms with van der Waals surface area (Å²) in [4.78, 5) is 31.5. The molecule has 9 aromatic carbocycles. The first-order valence-electron chi connectivity index (χ1n) is 24.6. The molecule has 16 heteroatoms. The molecule has 0 N–H and O–H groups in total. The Hall–Kier alpha value is -7.86. The van der Waals surface area contributed by atoms with Crippen LogP contribution in [0.2, 0.25) is 0 Å². The Labute approximate surface area is 448 Å². The second kappa shape index (κ2) is 22.2. The van der Waals surface area contributed by atoms with Crippen molar-refractivity contribution in [3.63, 3.8) is 0 Å². The fourth-order valence-electron chi connectivity index (χ4n) is 10.2. The predicted molar refractivity (Wildman–Crippen MR) is 300 cm³/mol. The van der Waals surface area contributed by atoms with Gasteiger partial charge in [-0.3, -0.25) is 0 Å². The molecule has 0 aliphatic carbocycles. The number of methoxy groups -OCH3 is 2. The van der Waals surface area contributed by atoms with Crippen molar-refractivity contribution in [1.82, 2.24) is 0 Å². The van der Waals surface area contributed by atoms with E-state index in [9.17, 15) is 0 Å². The number of hydrogen-bond acceptors (Lipinski definition) is 7. The Balaban J connectivity index is 1.46. The van der Waals surface area contributed by atoms with Crippen LogP contribution in [0.4, 0.5) is 26.3 Å². The van der Waals surface area contributed by atoms with Crippen LogP contribution in [-0.4, -0.2) is 45.4 Å². The summed E-state index contributed by atoms with van der Waals surface area (Å²) in [6, 6.07) is 66.5. The minimum atomic E-state index is -5.33. The van der Waals surface area contributed by atoms with E-state index in [4.69, 9.17) is 23.0 Å². The van der Waals surface area contributed by atoms with Gasteiger partial charge in [-0.1, -0.05) is 0 Å². The van der Waals surface area contributed by atoms with Gasteiger partial charge in [-0.25, -0.2) is 0 Å². The molecule has 78 heavy (non-hydrogen) atoms. The standard InChI is InChI=1S/C62H51BF6O7P2/c1-72-50-37-33-46(34-38-50)59(70)44-77(53-21-9-3-10-22-53,54-23-11-4-12-24-54,55-25-13-5-14-26-55)75-63(74-52-42-48(61(64,65)66)41-49(43-52)62(67,68)69)76-78(56-27-15-6-16-28-56,57-29-17-7-18-30-57,58-31-19-8-20-32-58)45-60(71)47-35-39-51(73-2)40-36-47/h3-43H,44-45H2,1-2H3. The quantitative estimate of drug-likeness (QED) is 0.0325. The molecule has 0 aliphatic rings. The van der Waals surface area contributed by atoms with Crippen molar-refractivity contribution in [2.24, 2.45) is 0 Å². The Morgan fingerprint density at radius 1 is 0.372 bits per heavy atom. The van der Waals surface area contributed by atoms with Gasteiger partial charge >= 0.3 is 450 Å². The molecule has 0 unspecified atom stereocenters. The minimum absolute atomic E-state index is 0.000459. The summed E-state index contributed by atoms with van der Waals surface area (Å²) in [5, 5.41) is 2.47. The molecular weight excluding hydrogens is 1040 g/mol. The fraction of sp³-hybridized carbons (Fsp3) is 0.0968. The third-order valence-corrected chi connectivity index (χ3v) is 25.4.